The molecule has 0 aromatic carbocycles. The van der Waals surface area contributed by atoms with Gasteiger partial charge in [0.1, 0.15) is 6.79 Å². The smallest absolute Gasteiger partial charge is 0 e. The van der Waals surface area contributed by atoms with E-state index in [0.717, 1.165) is 13.8 Å². The van der Waals surface area contributed by atoms with E-state index in [2.05, 4.69) is 128 Å². The van der Waals surface area contributed by atoms with Crippen LogP contribution >= 0.6 is 12.2 Å². The van der Waals surface area contributed by atoms with Gasteiger partial charge in [0.2, 0.25) is 6.19 Å². The van der Waals surface area contributed by atoms with Crippen molar-refractivity contribution in [1.82, 2.24) is 0 Å². The van der Waals surface area contributed by atoms with E-state index in [9.17, 15) is 49.1 Å². The zero-order valence-electron chi connectivity index (χ0n) is 58.0. The maximum Gasteiger partial charge on any atom is 0 e. The molecule has 0 heterocycles. The predicted octanol–water partition coefficient (Wildman–Crippen LogP) is 8.28. The van der Waals surface area contributed by atoms with Crippen LogP contribution in [-0.2, 0) is 14.4 Å². The number of carboxylic acids is 2. The Hall–Kier alpha value is 29.2. The molecule has 113 heavy (non-hydrogen) atoms. The number of hydrogen-bond acceptors (Lipinski definition) is 11. The maximum atomic E-state index is 11.4. The molecule has 0 rings (SSSR count). The topological polar surface area (TPSA) is 270 Å². The number of hydrogen-bond donors (Lipinski definition) is 2. The van der Waals surface area contributed by atoms with Gasteiger partial charge in [0, 0.05) is 1040 Å². The molecule has 0 spiro atoms. The SMILES string of the molecule is C=C(C)C(F)(F)F.C=NC#N.C=O.C=S.[C-]#[N+]C(=C)C#N.[C-]#[N+]C(=C)C(=O)O.[C-]#[N+]C(=C)C(F)(F)F.[C-]#[N+][C-]=C.[C-]#[N+][C-]=[U]=[CH2].[C-]#[N+][C](=[U]=[CH2])C(=O)O.[C-]#[N+][C](C#N)=[U]=[CH2].[C-]#[N+][C](C#N)=[U]=[CH2].[CH2]=[U]=[C](C)C(F)(F)F.[CH2]=[U]=[N]C#N.[U].[U].[U].[U].[U].[U].[U].[U].[U].[U].[U].[U].[U].[U].[U].[U].[U].[U].[U].[U].[U].[U].[U].[U].[U].[U].[U].[U].[U].[U].[U].[U].[U]. The van der Waals surface area contributed by atoms with Crippen molar-refractivity contribution < 1.29 is 1250 Å². The van der Waals surface area contributed by atoms with Crippen LogP contribution < -0.4 is 0 Å². The van der Waals surface area contributed by atoms with Crippen molar-refractivity contribution in [2.45, 2.75) is 32.4 Å². The fourth-order valence-corrected chi connectivity index (χ4v) is 4.42. The Balaban J connectivity index is -0.00000000910. The summed E-state index contributed by atoms with van der Waals surface area (Å²) in [5, 5.41) is 54.9. The first-order chi connectivity index (χ1) is 37.0. The molecule has 0 fully saturated rings. The van der Waals surface area contributed by atoms with Crippen molar-refractivity contribution >= 4 is 78.3 Å². The summed E-state index contributed by atoms with van der Waals surface area (Å²) in [6, 6.07) is 5.15. The van der Waals surface area contributed by atoms with Crippen LogP contribution in [0.1, 0.15) is 13.8 Å². The predicted molar refractivity (Wildman–Crippen MR) is 273 cm³/mol. The van der Waals surface area contributed by atoms with Gasteiger partial charge in [-0.2, -0.15) is 36.6 Å². The Morgan fingerprint density at radius 3 is 0.681 bits per heavy atom. The molecular formula is C44H36F9N15O5SU39-2. The van der Waals surface area contributed by atoms with Gasteiger partial charge in [0.25, 0.3) is 17.1 Å². The van der Waals surface area contributed by atoms with E-state index < -0.39 is 208 Å². The summed E-state index contributed by atoms with van der Waals surface area (Å²) < 4.78 is 128. The van der Waals surface area contributed by atoms with E-state index in [1.54, 1.807) is 24.4 Å². The number of rotatable bonds is 2. The van der Waals surface area contributed by atoms with Gasteiger partial charge in [-0.15, -0.1) is 0 Å². The number of allylic oxidation sites excluding steroid dienone is 3. The Morgan fingerprint density at radius 2 is 0.681 bits per heavy atom. The van der Waals surface area contributed by atoms with E-state index >= 15 is 0 Å². The standard InChI is InChI=1S/C4H2F3N.C4H5F3.C4H2N2.C4H3NO2.C3H3F3.2C3N2.C3HNO2.C3H2N.C2H2N2.C2N.CN2.CH2O.CH2S.6CH2.39U/c1-3(8-2)4(5,6)7;1-3(2)4(5,6)7;1-4(3-5)6-2;1-3(5-2)4(6)7;1-2-3(4,5)6;2*1-5-3-2-4;1-4-2-3(5)6;1-3-4-2;1-4-2-3;1-3-2;2-1-3;2*1-2;;;;;;;;;;;;;;;;;;;;;;;;;;;;;;;;;;;;;;;;;;;;;/h1H2;1H2,2H3;1H2;1H2,(H,6,7);1H3;;;(H,5,6);2*1H2;;;2*1H2;6*1H2;;;;;;;;;;;;;;;;;;;;;;;;;;;;;;;;;;;;;;;/q;;;;;;;;-1;;-1;;;;;;;;;;;;;;;;;;;;;;;;;;;;;;;;;;;;;;;;;;;;;;;;. The summed E-state index contributed by atoms with van der Waals surface area (Å²) in [6.07, 6.45) is -7.69. The molecule has 0 radical (unpaired) electrons. The summed E-state index contributed by atoms with van der Waals surface area (Å²) in [6.45, 7) is 70.2. The average Bonchev–Trinajstić information content (AvgIpc) is 3.43. The Morgan fingerprint density at radius 1 is 0.425 bits per heavy atom. The Bertz CT molecular complexity index is 2890. The molecule has 0 amide bonds. The number of carboxylic acid groups (broad SMARTS) is 2. The molecule has 0 bridgehead atoms. The van der Waals surface area contributed by atoms with Crippen LogP contribution in [-0.4, -0.2) is 94.9 Å². The molecule has 20 nitrogen and oxygen atoms in total. The molecule has 544 valence electrons. The number of halogens is 9. The molecule has 0 aliphatic heterocycles. The van der Waals surface area contributed by atoms with Crippen LogP contribution in [0.2, 0.25) is 0 Å². The third-order valence-corrected chi connectivity index (χ3v) is 16.9. The van der Waals surface area contributed by atoms with Crippen LogP contribution in [0.15, 0.2) is 62.8 Å². The first kappa shape index (κ1) is 313. The van der Waals surface area contributed by atoms with Crippen LogP contribution in [0.5, 0.6) is 0 Å². The number of aliphatic imine (C=N–C) groups is 1. The van der Waals surface area contributed by atoms with Gasteiger partial charge in [0.15, 0.2) is 0 Å². The molecule has 0 aliphatic rings. The molecule has 0 atom stereocenters. The van der Waals surface area contributed by atoms with E-state index in [1.165, 1.54) is 6.19 Å². The summed E-state index contributed by atoms with van der Waals surface area (Å²) in [5.41, 5.74) is -2.64. The Labute approximate surface area is 1530 Å². The molecule has 0 unspecified atom stereocenters. The molecule has 0 aromatic heterocycles. The minimum Gasteiger partial charge on any atom is 0 e. The molecule has 2 N–H and O–H groups in total. The largest absolute Gasteiger partial charge is 0 e. The van der Waals surface area contributed by atoms with Crippen LogP contribution in [0.25, 0.3) is 38.8 Å². The first-order valence-corrected chi connectivity index (χ1v) is 47.5. The third kappa shape index (κ3) is 360. The number of aliphatic carboxylic acids is 2. The summed E-state index contributed by atoms with van der Waals surface area (Å²) in [4.78, 5) is 51.9. The van der Waals surface area contributed by atoms with Gasteiger partial charge in [-0.25, -0.2) is 26.4 Å². The number of thiocarbonyl (C=S) groups is 1. The van der Waals surface area contributed by atoms with E-state index in [-0.39, 0.29) is 1040 Å². The van der Waals surface area contributed by atoms with Crippen molar-refractivity contribution in [3.63, 3.8) is 0 Å². The molecule has 0 aromatic rings. The molecule has 0 saturated carbocycles. The zero-order valence-corrected chi connectivity index (χ0v) is 221. The van der Waals surface area contributed by atoms with Gasteiger partial charge < -0.3 is 14.7 Å². The van der Waals surface area contributed by atoms with Crippen LogP contribution in [0.3, 0.4) is 0 Å². The van der Waals surface area contributed by atoms with Gasteiger partial charge in [-0.1, -0.05) is 44.7 Å². The first-order valence-electron chi connectivity index (χ1n) is 17.0. The van der Waals surface area contributed by atoms with Crippen LogP contribution in [0.4, 0.5) is 39.5 Å². The average molecular weight is 10300 g/mol. The normalized spacial score (nSPS) is 4.58. The summed E-state index contributed by atoms with van der Waals surface area (Å²) in [5.74, 6) is 0.500. The van der Waals surface area contributed by atoms with E-state index in [1.807, 2.05) is 13.0 Å². The number of nitrogens with zero attached hydrogens (tertiary/aromatic N) is 15. The summed E-state index contributed by atoms with van der Waals surface area (Å²) in [7, 11) is 0. The van der Waals surface area contributed by atoms with Crippen molar-refractivity contribution in [2.75, 3.05) is 0 Å². The number of carbonyl (C=O) groups is 3. The second-order valence-corrected chi connectivity index (χ2v) is 28.5. The van der Waals surface area contributed by atoms with Crippen molar-refractivity contribution in [1.29, 1.82) is 26.3 Å². The minimum absolute atomic E-state index is 0. The van der Waals surface area contributed by atoms with Gasteiger partial charge in [0.05, 0.1) is 25.8 Å². The second-order valence-electron chi connectivity index (χ2n) is 8.91. The van der Waals surface area contributed by atoms with E-state index in [0.29, 0.717) is 5.30 Å². The number of alkyl halides is 9. The summed E-state index contributed by atoms with van der Waals surface area (Å²) >= 11 is -3.90. The minimum atomic E-state index is -4.54. The van der Waals surface area contributed by atoms with Gasteiger partial charge in [-0.05, 0) is 12.8 Å². The van der Waals surface area contributed by atoms with Crippen molar-refractivity contribution in [3.8, 4) is 30.6 Å². The van der Waals surface area contributed by atoms with Crippen molar-refractivity contribution in [2.24, 2.45) is 7.25 Å². The fraction of sp³-hybridized carbons (Fsp3) is 0.114. The zero-order chi connectivity index (χ0) is 67.5. The fourth-order valence-electron chi connectivity index (χ4n) is 0.682. The monoisotopic (exact) mass is 10300 g/mol. The van der Waals surface area contributed by atoms with Crippen molar-refractivity contribution in [3.05, 3.63) is 153 Å². The van der Waals surface area contributed by atoms with E-state index in [4.69, 9.17) is 93.9 Å². The third-order valence-electron chi connectivity index (χ3n) is 3.95. The second kappa shape index (κ2) is 276. The molecule has 0 saturated heterocycles. The van der Waals surface area contributed by atoms with Gasteiger partial charge in [-0.3, -0.25) is 11.4 Å². The van der Waals surface area contributed by atoms with Crippen LogP contribution in [0, 0.1) is 1300 Å². The molecule has 0 aliphatic carbocycles. The maximum absolute atomic E-state index is 11.4. The molecular weight excluding hydrogens is 10300 g/mol. The molecule has 69 heteroatoms. The Kier molecular flexibility index (Phi) is 765. The quantitative estimate of drug-likeness (QED) is 0.0388. The number of nitriles is 5. The number of carbonyl (C=O) groups excluding carboxylic acids is 1. The van der Waals surface area contributed by atoms with Gasteiger partial charge >= 0.3 is 338 Å².